The molecule has 0 unspecified atom stereocenters. The van der Waals surface area contributed by atoms with Crippen LogP contribution in [0.15, 0.2) is 0 Å². The Labute approximate surface area is 80.8 Å². The number of nitriles is 1. The Morgan fingerprint density at radius 3 is 2.57 bits per heavy atom. The zero-order valence-corrected chi connectivity index (χ0v) is 7.73. The van der Waals surface area contributed by atoms with Gasteiger partial charge in [0.25, 0.3) is 0 Å². The first-order chi connectivity index (χ1) is 6.56. The molecule has 1 N–H and O–H groups in total. The first kappa shape index (κ1) is 13.2. The second kappa shape index (κ2) is 7.59. The van der Waals surface area contributed by atoms with Crippen molar-refractivity contribution >= 4 is 0 Å². The van der Waals surface area contributed by atoms with E-state index in [4.69, 9.17) is 5.26 Å². The predicted molar refractivity (Wildman–Crippen MR) is 44.6 cm³/mol. The summed E-state index contributed by atoms with van der Waals surface area (Å²) in [6, 6.07) is 1.97. The monoisotopic (exact) mass is 210 g/mol. The van der Waals surface area contributed by atoms with Crippen LogP contribution in [-0.2, 0) is 4.74 Å². The van der Waals surface area contributed by atoms with Gasteiger partial charge in [-0.15, -0.1) is 0 Å². The van der Waals surface area contributed by atoms with Gasteiger partial charge in [0.1, 0.15) is 6.61 Å². The summed E-state index contributed by atoms with van der Waals surface area (Å²) in [6.07, 6.45) is -3.09. The third-order valence-electron chi connectivity index (χ3n) is 1.33. The number of unbranched alkanes of at least 4 members (excludes halogenated alkanes) is 1. The van der Waals surface area contributed by atoms with Crippen LogP contribution >= 0.6 is 0 Å². The third-order valence-corrected chi connectivity index (χ3v) is 1.33. The van der Waals surface area contributed by atoms with Crippen LogP contribution in [0.25, 0.3) is 0 Å². The smallest absolute Gasteiger partial charge is 0.371 e. The number of hydrogen-bond acceptors (Lipinski definition) is 3. The molecule has 0 bridgehead atoms. The van der Waals surface area contributed by atoms with Crippen molar-refractivity contribution in [3.05, 3.63) is 0 Å². The second-order valence-corrected chi connectivity index (χ2v) is 2.68. The van der Waals surface area contributed by atoms with E-state index < -0.39 is 12.8 Å². The molecule has 0 atom stereocenters. The fourth-order valence-corrected chi connectivity index (χ4v) is 0.750. The summed E-state index contributed by atoms with van der Waals surface area (Å²) in [5.74, 6) is 0. The van der Waals surface area contributed by atoms with Gasteiger partial charge >= 0.3 is 6.18 Å². The third kappa shape index (κ3) is 11.2. The van der Waals surface area contributed by atoms with Crippen LogP contribution in [0.3, 0.4) is 0 Å². The summed E-state index contributed by atoms with van der Waals surface area (Å²) in [7, 11) is 0. The molecule has 0 aliphatic carbocycles. The van der Waals surface area contributed by atoms with Gasteiger partial charge in [-0.25, -0.2) is 0 Å². The van der Waals surface area contributed by atoms with Gasteiger partial charge in [0, 0.05) is 13.0 Å². The lowest BCUT2D eigenvalue weighted by Gasteiger charge is -2.07. The van der Waals surface area contributed by atoms with Gasteiger partial charge in [-0.3, -0.25) is 0 Å². The van der Waals surface area contributed by atoms with E-state index >= 15 is 0 Å². The van der Waals surface area contributed by atoms with Crippen LogP contribution in [0, 0.1) is 11.3 Å². The highest BCUT2D eigenvalue weighted by Crippen LogP contribution is 2.13. The first-order valence-corrected chi connectivity index (χ1v) is 4.28. The highest BCUT2D eigenvalue weighted by molar-refractivity contribution is 4.68. The molecular weight excluding hydrogens is 197 g/mol. The standard InChI is InChI=1S/C8H13F3N2O/c9-8(10,11)7-14-6-5-13-4-2-1-3-12/h13H,1-2,4-7H2. The number of nitrogens with zero attached hydrogens (tertiary/aromatic N) is 1. The summed E-state index contributed by atoms with van der Waals surface area (Å²) in [5.41, 5.74) is 0. The molecule has 0 aliphatic rings. The number of rotatable bonds is 7. The normalized spacial score (nSPS) is 11.3. The maximum atomic E-state index is 11.5. The molecule has 0 fully saturated rings. The van der Waals surface area contributed by atoms with Gasteiger partial charge in [0.2, 0.25) is 0 Å². The Kier molecular flexibility index (Phi) is 7.16. The Morgan fingerprint density at radius 2 is 2.00 bits per heavy atom. The van der Waals surface area contributed by atoms with Crippen molar-refractivity contribution in [2.24, 2.45) is 0 Å². The minimum absolute atomic E-state index is 0.0338. The molecule has 0 spiro atoms. The highest BCUT2D eigenvalue weighted by Gasteiger charge is 2.26. The van der Waals surface area contributed by atoms with Crippen LogP contribution in [0.1, 0.15) is 12.8 Å². The highest BCUT2D eigenvalue weighted by atomic mass is 19.4. The number of nitrogens with one attached hydrogen (secondary N) is 1. The van der Waals surface area contributed by atoms with E-state index in [0.29, 0.717) is 25.9 Å². The van der Waals surface area contributed by atoms with E-state index in [9.17, 15) is 13.2 Å². The molecule has 0 aliphatic heterocycles. The average Bonchev–Trinajstić information content (AvgIpc) is 2.08. The van der Waals surface area contributed by atoms with E-state index in [1.54, 1.807) is 0 Å². The van der Waals surface area contributed by atoms with Crippen LogP contribution in [0.4, 0.5) is 13.2 Å². The van der Waals surface area contributed by atoms with Crippen molar-refractivity contribution in [1.82, 2.24) is 5.32 Å². The van der Waals surface area contributed by atoms with E-state index in [1.807, 2.05) is 6.07 Å². The molecule has 82 valence electrons. The van der Waals surface area contributed by atoms with E-state index in [1.165, 1.54) is 0 Å². The minimum Gasteiger partial charge on any atom is -0.371 e. The first-order valence-electron chi connectivity index (χ1n) is 4.28. The predicted octanol–water partition coefficient (Wildman–Crippen LogP) is 1.46. The van der Waals surface area contributed by atoms with Gasteiger partial charge < -0.3 is 10.1 Å². The summed E-state index contributed by atoms with van der Waals surface area (Å²) in [5, 5.41) is 11.0. The second-order valence-electron chi connectivity index (χ2n) is 2.68. The zero-order chi connectivity index (χ0) is 10.9. The minimum atomic E-state index is -4.25. The zero-order valence-electron chi connectivity index (χ0n) is 7.73. The molecule has 0 aromatic carbocycles. The lowest BCUT2D eigenvalue weighted by atomic mass is 10.3. The molecule has 0 rings (SSSR count). The van der Waals surface area contributed by atoms with Gasteiger partial charge in [-0.2, -0.15) is 18.4 Å². The maximum absolute atomic E-state index is 11.5. The number of hydrogen-bond donors (Lipinski definition) is 1. The van der Waals surface area contributed by atoms with E-state index in [0.717, 1.165) is 0 Å². The Balaban J connectivity index is 3.04. The molecule has 0 radical (unpaired) electrons. The molecule has 14 heavy (non-hydrogen) atoms. The lowest BCUT2D eigenvalue weighted by molar-refractivity contribution is -0.173. The van der Waals surface area contributed by atoms with Crippen molar-refractivity contribution in [1.29, 1.82) is 5.26 Å². The quantitative estimate of drug-likeness (QED) is 0.647. The van der Waals surface area contributed by atoms with Crippen LogP contribution in [0.5, 0.6) is 0 Å². The Bertz CT molecular complexity index is 176. The van der Waals surface area contributed by atoms with Crippen LogP contribution < -0.4 is 5.32 Å². The van der Waals surface area contributed by atoms with Crippen molar-refractivity contribution < 1.29 is 17.9 Å². The van der Waals surface area contributed by atoms with Crippen molar-refractivity contribution in [3.63, 3.8) is 0 Å². The van der Waals surface area contributed by atoms with Gasteiger partial charge in [0.15, 0.2) is 0 Å². The van der Waals surface area contributed by atoms with Gasteiger partial charge in [0.05, 0.1) is 12.7 Å². The number of alkyl halides is 3. The maximum Gasteiger partial charge on any atom is 0.411 e. The summed E-state index contributed by atoms with van der Waals surface area (Å²) >= 11 is 0. The number of halogens is 3. The molecule has 6 heteroatoms. The van der Waals surface area contributed by atoms with Gasteiger partial charge in [-0.1, -0.05) is 0 Å². The Hall–Kier alpha value is -0.800. The fraction of sp³-hybridized carbons (Fsp3) is 0.875. The van der Waals surface area contributed by atoms with E-state index in [-0.39, 0.29) is 6.61 Å². The average molecular weight is 210 g/mol. The van der Waals surface area contributed by atoms with Crippen LogP contribution in [-0.4, -0.2) is 32.5 Å². The molecule has 0 amide bonds. The number of ether oxygens (including phenoxy) is 1. The molecule has 0 aromatic rings. The topological polar surface area (TPSA) is 45.0 Å². The molecular formula is C8H13F3N2O. The molecule has 0 saturated heterocycles. The van der Waals surface area contributed by atoms with Crippen molar-refractivity contribution in [2.75, 3.05) is 26.3 Å². The van der Waals surface area contributed by atoms with Crippen molar-refractivity contribution in [2.45, 2.75) is 19.0 Å². The van der Waals surface area contributed by atoms with Gasteiger partial charge in [-0.05, 0) is 13.0 Å². The molecule has 0 saturated carbocycles. The fourth-order valence-electron chi connectivity index (χ4n) is 0.750. The van der Waals surface area contributed by atoms with E-state index in [2.05, 4.69) is 10.1 Å². The SMILES string of the molecule is N#CCCCNCCOCC(F)(F)F. The summed E-state index contributed by atoms with van der Waals surface area (Å²) in [4.78, 5) is 0. The molecule has 3 nitrogen and oxygen atoms in total. The molecule has 0 heterocycles. The van der Waals surface area contributed by atoms with Crippen LogP contribution in [0.2, 0.25) is 0 Å². The Morgan fingerprint density at radius 1 is 1.29 bits per heavy atom. The summed E-state index contributed by atoms with van der Waals surface area (Å²) < 4.78 is 39.0. The largest absolute Gasteiger partial charge is 0.411 e. The summed E-state index contributed by atoms with van der Waals surface area (Å²) in [6.45, 7) is -0.163. The van der Waals surface area contributed by atoms with Crippen molar-refractivity contribution in [3.8, 4) is 6.07 Å². The molecule has 0 aromatic heterocycles. The lowest BCUT2D eigenvalue weighted by Crippen LogP contribution is -2.24.